The summed E-state index contributed by atoms with van der Waals surface area (Å²) in [6, 6.07) is 6.14. The first-order chi connectivity index (χ1) is 7.83. The number of Topliss-reactive ketones (excluding diaryl/α,β-unsaturated/α-hetero) is 1. The lowest BCUT2D eigenvalue weighted by atomic mass is 10.0. The molecular formula is C13H18ClNO2. The first-order valence-electron chi connectivity index (χ1n) is 5.52. The number of benzene rings is 1. The Bertz CT molecular complexity index is 399. The van der Waals surface area contributed by atoms with Crippen LogP contribution in [0.1, 0.15) is 31.1 Å². The van der Waals surface area contributed by atoms with Crippen LogP contribution < -0.4 is 5.32 Å². The van der Waals surface area contributed by atoms with Gasteiger partial charge in [-0.15, -0.1) is 0 Å². The smallest absolute Gasteiger partial charge is 0.182 e. The van der Waals surface area contributed by atoms with Crippen LogP contribution in [0.4, 0.5) is 0 Å². The van der Waals surface area contributed by atoms with Crippen molar-refractivity contribution in [3.63, 3.8) is 0 Å². The van der Waals surface area contributed by atoms with Gasteiger partial charge in [0.1, 0.15) is 0 Å². The summed E-state index contributed by atoms with van der Waals surface area (Å²) in [6.45, 7) is 5.60. The predicted molar refractivity (Wildman–Crippen MR) is 69.5 cm³/mol. The molecule has 0 spiro atoms. The predicted octanol–water partition coefficient (Wildman–Crippen LogP) is 2.27. The molecule has 1 aromatic carbocycles. The molecule has 0 aliphatic heterocycles. The van der Waals surface area contributed by atoms with E-state index in [0.29, 0.717) is 10.6 Å². The van der Waals surface area contributed by atoms with Crippen molar-refractivity contribution in [1.82, 2.24) is 5.32 Å². The van der Waals surface area contributed by atoms with E-state index in [4.69, 9.17) is 11.6 Å². The van der Waals surface area contributed by atoms with E-state index in [9.17, 15) is 9.90 Å². The third-order valence-corrected chi connectivity index (χ3v) is 2.45. The molecule has 0 amide bonds. The summed E-state index contributed by atoms with van der Waals surface area (Å²) in [5.41, 5.74) is 0.273. The van der Waals surface area contributed by atoms with Gasteiger partial charge in [-0.1, -0.05) is 23.7 Å². The van der Waals surface area contributed by atoms with Crippen molar-refractivity contribution in [2.24, 2.45) is 0 Å². The molecule has 1 atom stereocenters. The topological polar surface area (TPSA) is 49.3 Å². The maximum absolute atomic E-state index is 12.1. The molecule has 1 aromatic rings. The Morgan fingerprint density at radius 1 is 1.47 bits per heavy atom. The number of aliphatic hydroxyl groups excluding tert-OH is 1. The summed E-state index contributed by atoms with van der Waals surface area (Å²) in [6.07, 6.45) is 0. The molecule has 0 aromatic heterocycles. The second kappa shape index (κ2) is 5.63. The van der Waals surface area contributed by atoms with Crippen molar-refractivity contribution in [1.29, 1.82) is 0 Å². The largest absolute Gasteiger partial charge is 0.394 e. The lowest BCUT2D eigenvalue weighted by Gasteiger charge is -2.26. The molecule has 1 rings (SSSR count). The summed E-state index contributed by atoms with van der Waals surface area (Å²) in [5.74, 6) is -0.148. The number of carbonyl (C=O) groups is 1. The van der Waals surface area contributed by atoms with E-state index in [2.05, 4.69) is 5.32 Å². The first-order valence-corrected chi connectivity index (χ1v) is 5.89. The average Bonchev–Trinajstić information content (AvgIpc) is 2.23. The van der Waals surface area contributed by atoms with E-state index in [0.717, 1.165) is 0 Å². The van der Waals surface area contributed by atoms with Crippen LogP contribution in [-0.2, 0) is 0 Å². The monoisotopic (exact) mass is 255 g/mol. The summed E-state index contributed by atoms with van der Waals surface area (Å²) in [5, 5.41) is 12.9. The van der Waals surface area contributed by atoms with Gasteiger partial charge in [0.25, 0.3) is 0 Å². The number of nitrogens with one attached hydrogen (secondary N) is 1. The highest BCUT2D eigenvalue weighted by Crippen LogP contribution is 2.13. The Hall–Kier alpha value is -0.900. The maximum Gasteiger partial charge on any atom is 0.182 e. The first kappa shape index (κ1) is 14.2. The van der Waals surface area contributed by atoms with Gasteiger partial charge in [-0.2, -0.15) is 0 Å². The summed E-state index contributed by atoms with van der Waals surface area (Å²) < 4.78 is 0. The molecule has 0 aliphatic rings. The van der Waals surface area contributed by atoms with Crippen LogP contribution in [0.15, 0.2) is 24.3 Å². The van der Waals surface area contributed by atoms with E-state index >= 15 is 0 Å². The number of ketones is 1. The highest BCUT2D eigenvalue weighted by atomic mass is 35.5. The van der Waals surface area contributed by atoms with Crippen molar-refractivity contribution < 1.29 is 9.90 Å². The van der Waals surface area contributed by atoms with Gasteiger partial charge < -0.3 is 10.4 Å². The van der Waals surface area contributed by atoms with E-state index in [1.54, 1.807) is 24.3 Å². The van der Waals surface area contributed by atoms with E-state index < -0.39 is 6.04 Å². The molecule has 0 fully saturated rings. The minimum atomic E-state index is -0.603. The summed E-state index contributed by atoms with van der Waals surface area (Å²) in [7, 11) is 0. The van der Waals surface area contributed by atoms with Gasteiger partial charge in [-0.25, -0.2) is 0 Å². The SMILES string of the molecule is CC(C)(C)N[C@@H](CO)C(=O)c1cccc(Cl)c1. The van der Waals surface area contributed by atoms with Crippen LogP contribution >= 0.6 is 11.6 Å². The molecule has 94 valence electrons. The van der Waals surface area contributed by atoms with Gasteiger partial charge in [-0.05, 0) is 32.9 Å². The second-order valence-electron chi connectivity index (χ2n) is 5.00. The average molecular weight is 256 g/mol. The van der Waals surface area contributed by atoms with Gasteiger partial charge in [0, 0.05) is 16.1 Å². The zero-order valence-electron chi connectivity index (χ0n) is 10.3. The molecule has 17 heavy (non-hydrogen) atoms. The standard InChI is InChI=1S/C13H18ClNO2/c1-13(2,3)15-11(8-16)12(17)9-5-4-6-10(14)7-9/h4-7,11,15-16H,8H2,1-3H3/t11-/m0/s1. The fourth-order valence-corrected chi connectivity index (χ4v) is 1.75. The van der Waals surface area contributed by atoms with Gasteiger partial charge >= 0.3 is 0 Å². The molecule has 0 bridgehead atoms. The highest BCUT2D eigenvalue weighted by molar-refractivity contribution is 6.31. The lowest BCUT2D eigenvalue weighted by molar-refractivity contribution is 0.0873. The maximum atomic E-state index is 12.1. The van der Waals surface area contributed by atoms with Crippen molar-refractivity contribution in [2.75, 3.05) is 6.61 Å². The Balaban J connectivity index is 2.87. The van der Waals surface area contributed by atoms with Gasteiger partial charge in [0.2, 0.25) is 0 Å². The Labute approximate surface area is 107 Å². The molecule has 2 N–H and O–H groups in total. The number of aliphatic hydroxyl groups is 1. The highest BCUT2D eigenvalue weighted by Gasteiger charge is 2.23. The minimum Gasteiger partial charge on any atom is -0.394 e. The van der Waals surface area contributed by atoms with Crippen LogP contribution in [0.25, 0.3) is 0 Å². The third kappa shape index (κ3) is 4.46. The van der Waals surface area contributed by atoms with Crippen molar-refractivity contribution in [3.8, 4) is 0 Å². The van der Waals surface area contributed by atoms with Crippen LogP contribution in [-0.4, -0.2) is 29.1 Å². The summed E-state index contributed by atoms with van der Waals surface area (Å²) in [4.78, 5) is 12.1. The van der Waals surface area contributed by atoms with Crippen molar-refractivity contribution in [3.05, 3.63) is 34.9 Å². The van der Waals surface area contributed by atoms with Crippen LogP contribution in [0.5, 0.6) is 0 Å². The van der Waals surface area contributed by atoms with E-state index in [1.807, 2.05) is 20.8 Å². The number of hydrogen-bond acceptors (Lipinski definition) is 3. The molecule has 0 radical (unpaired) electrons. The van der Waals surface area contributed by atoms with Crippen molar-refractivity contribution >= 4 is 17.4 Å². The van der Waals surface area contributed by atoms with Crippen LogP contribution in [0.2, 0.25) is 5.02 Å². The molecule has 3 nitrogen and oxygen atoms in total. The lowest BCUT2D eigenvalue weighted by Crippen LogP contribution is -2.49. The number of hydrogen-bond donors (Lipinski definition) is 2. The number of carbonyl (C=O) groups excluding carboxylic acids is 1. The fraction of sp³-hybridized carbons (Fsp3) is 0.462. The van der Waals surface area contributed by atoms with Crippen molar-refractivity contribution in [2.45, 2.75) is 32.4 Å². The molecule has 0 aliphatic carbocycles. The molecule has 0 saturated heterocycles. The zero-order chi connectivity index (χ0) is 13.1. The fourth-order valence-electron chi connectivity index (χ4n) is 1.56. The minimum absolute atomic E-state index is 0.148. The number of rotatable bonds is 4. The van der Waals surface area contributed by atoms with E-state index in [-0.39, 0.29) is 17.9 Å². The molecular weight excluding hydrogens is 238 g/mol. The number of halogens is 1. The Morgan fingerprint density at radius 2 is 2.12 bits per heavy atom. The molecule has 0 saturated carbocycles. The molecule has 0 heterocycles. The van der Waals surface area contributed by atoms with Crippen LogP contribution in [0.3, 0.4) is 0 Å². The Kier molecular flexibility index (Phi) is 4.69. The third-order valence-electron chi connectivity index (χ3n) is 2.22. The zero-order valence-corrected chi connectivity index (χ0v) is 11.1. The van der Waals surface area contributed by atoms with Gasteiger partial charge in [0.05, 0.1) is 12.6 Å². The van der Waals surface area contributed by atoms with Crippen LogP contribution in [0, 0.1) is 0 Å². The summed E-state index contributed by atoms with van der Waals surface area (Å²) >= 11 is 5.83. The van der Waals surface area contributed by atoms with Gasteiger partial charge in [-0.3, -0.25) is 4.79 Å². The molecule has 4 heteroatoms. The van der Waals surface area contributed by atoms with Gasteiger partial charge in [0.15, 0.2) is 5.78 Å². The second-order valence-corrected chi connectivity index (χ2v) is 5.44. The molecule has 0 unspecified atom stereocenters. The normalized spacial score (nSPS) is 13.5. The Morgan fingerprint density at radius 3 is 2.59 bits per heavy atom. The van der Waals surface area contributed by atoms with E-state index in [1.165, 1.54) is 0 Å². The quantitative estimate of drug-likeness (QED) is 0.812.